The fraction of sp³-hybridized carbons (Fsp3) is 0.278. The van der Waals surface area contributed by atoms with Gasteiger partial charge < -0.3 is 10.4 Å². The number of phenols is 1. The zero-order valence-electron chi connectivity index (χ0n) is 12.3. The molecule has 2 aromatic rings. The Kier molecular flexibility index (Phi) is 5.38. The van der Waals surface area contributed by atoms with E-state index in [2.05, 4.69) is 24.4 Å². The number of amides is 1. The summed E-state index contributed by atoms with van der Waals surface area (Å²) in [5.41, 5.74) is 1.94. The highest BCUT2D eigenvalue weighted by Crippen LogP contribution is 2.18. The van der Waals surface area contributed by atoms with Crippen molar-refractivity contribution >= 4 is 5.91 Å². The van der Waals surface area contributed by atoms with E-state index < -0.39 is 0 Å². The van der Waals surface area contributed by atoms with Gasteiger partial charge in [-0.15, -0.1) is 0 Å². The van der Waals surface area contributed by atoms with Crippen LogP contribution >= 0.6 is 0 Å². The van der Waals surface area contributed by atoms with E-state index in [0.29, 0.717) is 18.0 Å². The zero-order chi connectivity index (χ0) is 15.1. The molecule has 0 aliphatic rings. The summed E-state index contributed by atoms with van der Waals surface area (Å²) >= 11 is 0. The summed E-state index contributed by atoms with van der Waals surface area (Å²) < 4.78 is 0. The Morgan fingerprint density at radius 3 is 2.48 bits per heavy atom. The molecule has 0 heterocycles. The standard InChI is InChI=1S/C18H21NO2/c1-14(15-7-3-2-4-8-15)11-12-19-18(21)13-16-9-5-6-10-17(16)20/h2-10,14,20H,11-13H2,1H3,(H,19,21). The van der Waals surface area contributed by atoms with Gasteiger partial charge in [0.2, 0.25) is 5.91 Å². The van der Waals surface area contributed by atoms with Crippen molar-refractivity contribution in [2.24, 2.45) is 0 Å². The van der Waals surface area contributed by atoms with Crippen molar-refractivity contribution < 1.29 is 9.90 Å². The summed E-state index contributed by atoms with van der Waals surface area (Å²) in [4.78, 5) is 11.9. The van der Waals surface area contributed by atoms with Crippen LogP contribution in [0.3, 0.4) is 0 Å². The van der Waals surface area contributed by atoms with Crippen LogP contribution in [-0.4, -0.2) is 17.6 Å². The number of carbonyl (C=O) groups is 1. The number of phenolic OH excluding ortho intramolecular Hbond substituents is 1. The highest BCUT2D eigenvalue weighted by molar-refractivity contribution is 5.79. The quantitative estimate of drug-likeness (QED) is 0.855. The van der Waals surface area contributed by atoms with E-state index in [1.807, 2.05) is 24.3 Å². The van der Waals surface area contributed by atoms with E-state index in [-0.39, 0.29) is 18.1 Å². The van der Waals surface area contributed by atoms with Crippen LogP contribution in [-0.2, 0) is 11.2 Å². The van der Waals surface area contributed by atoms with Crippen molar-refractivity contribution in [3.63, 3.8) is 0 Å². The number of hydrogen-bond donors (Lipinski definition) is 2. The lowest BCUT2D eigenvalue weighted by Crippen LogP contribution is -2.26. The molecule has 0 aromatic heterocycles. The third-order valence-electron chi connectivity index (χ3n) is 3.61. The lowest BCUT2D eigenvalue weighted by molar-refractivity contribution is -0.120. The number of carbonyl (C=O) groups excluding carboxylic acids is 1. The lowest BCUT2D eigenvalue weighted by Gasteiger charge is -2.12. The molecule has 0 bridgehead atoms. The van der Waals surface area contributed by atoms with E-state index in [1.54, 1.807) is 18.2 Å². The van der Waals surface area contributed by atoms with Gasteiger partial charge in [0.1, 0.15) is 5.75 Å². The first-order valence-electron chi connectivity index (χ1n) is 7.25. The van der Waals surface area contributed by atoms with Crippen LogP contribution in [0.5, 0.6) is 5.75 Å². The maximum absolute atomic E-state index is 11.9. The summed E-state index contributed by atoms with van der Waals surface area (Å²) in [7, 11) is 0. The summed E-state index contributed by atoms with van der Waals surface area (Å²) in [6, 6.07) is 17.2. The molecule has 3 nitrogen and oxygen atoms in total. The van der Waals surface area contributed by atoms with Gasteiger partial charge in [0.15, 0.2) is 0 Å². The number of nitrogens with one attached hydrogen (secondary N) is 1. The van der Waals surface area contributed by atoms with E-state index in [1.165, 1.54) is 5.56 Å². The molecular weight excluding hydrogens is 262 g/mol. The molecule has 3 heteroatoms. The first kappa shape index (κ1) is 15.1. The predicted molar refractivity (Wildman–Crippen MR) is 84.3 cm³/mol. The summed E-state index contributed by atoms with van der Waals surface area (Å²) in [5.74, 6) is 0.527. The van der Waals surface area contributed by atoms with Gasteiger partial charge in [0.25, 0.3) is 0 Å². The number of aromatic hydroxyl groups is 1. The molecule has 2 rings (SSSR count). The maximum atomic E-state index is 11.9. The smallest absolute Gasteiger partial charge is 0.224 e. The van der Waals surface area contributed by atoms with Crippen molar-refractivity contribution in [3.05, 3.63) is 65.7 Å². The van der Waals surface area contributed by atoms with Crippen LogP contribution in [0.25, 0.3) is 0 Å². The van der Waals surface area contributed by atoms with E-state index in [0.717, 1.165) is 6.42 Å². The van der Waals surface area contributed by atoms with Gasteiger partial charge >= 0.3 is 0 Å². The molecule has 0 saturated heterocycles. The maximum Gasteiger partial charge on any atom is 0.224 e. The SMILES string of the molecule is CC(CCNC(=O)Cc1ccccc1O)c1ccccc1. The molecule has 2 aromatic carbocycles. The van der Waals surface area contributed by atoms with Crippen LogP contribution < -0.4 is 5.32 Å². The fourth-order valence-electron chi connectivity index (χ4n) is 2.27. The Bertz CT molecular complexity index is 581. The van der Waals surface area contributed by atoms with Gasteiger partial charge in [-0.05, 0) is 24.0 Å². The Hall–Kier alpha value is -2.29. The average Bonchev–Trinajstić information content (AvgIpc) is 2.50. The number of hydrogen-bond acceptors (Lipinski definition) is 2. The van der Waals surface area contributed by atoms with Gasteiger partial charge in [-0.2, -0.15) is 0 Å². The van der Waals surface area contributed by atoms with Crippen molar-refractivity contribution in [1.82, 2.24) is 5.32 Å². The minimum Gasteiger partial charge on any atom is -0.508 e. The molecule has 21 heavy (non-hydrogen) atoms. The van der Waals surface area contributed by atoms with E-state index in [9.17, 15) is 9.90 Å². The molecule has 1 atom stereocenters. The summed E-state index contributed by atoms with van der Waals surface area (Å²) in [6.45, 7) is 2.80. The molecule has 0 spiro atoms. The second kappa shape index (κ2) is 7.48. The van der Waals surface area contributed by atoms with Gasteiger partial charge in [-0.1, -0.05) is 55.5 Å². The zero-order valence-corrected chi connectivity index (χ0v) is 12.3. The Morgan fingerprint density at radius 2 is 1.76 bits per heavy atom. The third kappa shape index (κ3) is 4.63. The third-order valence-corrected chi connectivity index (χ3v) is 3.61. The number of para-hydroxylation sites is 1. The lowest BCUT2D eigenvalue weighted by atomic mass is 9.98. The molecular formula is C18H21NO2. The molecule has 2 N–H and O–H groups in total. The molecule has 0 aliphatic carbocycles. The van der Waals surface area contributed by atoms with Gasteiger partial charge in [0.05, 0.1) is 6.42 Å². The van der Waals surface area contributed by atoms with Gasteiger partial charge in [0, 0.05) is 12.1 Å². The van der Waals surface area contributed by atoms with Crippen LogP contribution in [0, 0.1) is 0 Å². The van der Waals surface area contributed by atoms with Gasteiger partial charge in [-0.25, -0.2) is 0 Å². The minimum atomic E-state index is -0.0586. The second-order valence-corrected chi connectivity index (χ2v) is 5.26. The van der Waals surface area contributed by atoms with E-state index >= 15 is 0 Å². The highest BCUT2D eigenvalue weighted by atomic mass is 16.3. The first-order chi connectivity index (χ1) is 10.2. The van der Waals surface area contributed by atoms with Crippen LogP contribution in [0.2, 0.25) is 0 Å². The van der Waals surface area contributed by atoms with E-state index in [4.69, 9.17) is 0 Å². The number of benzene rings is 2. The summed E-state index contributed by atoms with van der Waals surface area (Å²) in [6.07, 6.45) is 1.11. The molecule has 0 fully saturated rings. The van der Waals surface area contributed by atoms with Crippen LogP contribution in [0.1, 0.15) is 30.4 Å². The second-order valence-electron chi connectivity index (χ2n) is 5.26. The predicted octanol–water partition coefficient (Wildman–Crippen LogP) is 3.24. The minimum absolute atomic E-state index is 0.0586. The first-order valence-corrected chi connectivity index (χ1v) is 7.25. The molecule has 1 amide bonds. The highest BCUT2D eigenvalue weighted by Gasteiger charge is 2.08. The average molecular weight is 283 g/mol. The topological polar surface area (TPSA) is 49.3 Å². The Balaban J connectivity index is 1.76. The van der Waals surface area contributed by atoms with Crippen LogP contribution in [0.15, 0.2) is 54.6 Å². The monoisotopic (exact) mass is 283 g/mol. The molecule has 0 aliphatic heterocycles. The van der Waals surface area contributed by atoms with Crippen molar-refractivity contribution in [3.8, 4) is 5.75 Å². The summed E-state index contributed by atoms with van der Waals surface area (Å²) in [5, 5.41) is 12.6. The number of rotatable bonds is 6. The van der Waals surface area contributed by atoms with Crippen LogP contribution in [0.4, 0.5) is 0 Å². The Labute approximate surface area is 125 Å². The normalized spacial score (nSPS) is 11.9. The van der Waals surface area contributed by atoms with Gasteiger partial charge in [-0.3, -0.25) is 4.79 Å². The largest absolute Gasteiger partial charge is 0.508 e. The molecule has 0 saturated carbocycles. The van der Waals surface area contributed by atoms with Crippen molar-refractivity contribution in [2.75, 3.05) is 6.54 Å². The Morgan fingerprint density at radius 1 is 1.10 bits per heavy atom. The van der Waals surface area contributed by atoms with Crippen molar-refractivity contribution in [2.45, 2.75) is 25.7 Å². The molecule has 1 unspecified atom stereocenters. The molecule has 0 radical (unpaired) electrons. The molecule has 110 valence electrons. The fourth-order valence-corrected chi connectivity index (χ4v) is 2.27. The van der Waals surface area contributed by atoms with Crippen molar-refractivity contribution in [1.29, 1.82) is 0 Å².